The third kappa shape index (κ3) is 6.25. The van der Waals surface area contributed by atoms with Crippen LogP contribution in [0.3, 0.4) is 0 Å². The van der Waals surface area contributed by atoms with Crippen molar-refractivity contribution in [3.05, 3.63) is 65.7 Å². The number of likely N-dealkylation sites (tertiary alicyclic amines) is 1. The lowest BCUT2D eigenvalue weighted by Crippen LogP contribution is -2.63. The van der Waals surface area contributed by atoms with Crippen molar-refractivity contribution >= 4 is 11.7 Å². The number of anilines is 1. The molecule has 1 aliphatic heterocycles. The van der Waals surface area contributed by atoms with E-state index in [1.54, 1.807) is 24.3 Å². The maximum absolute atomic E-state index is 13.6. The largest absolute Gasteiger partial charge is 0.450 e. The Labute approximate surface area is 212 Å². The second-order valence-electron chi connectivity index (χ2n) is 10.7. The number of benzene rings is 2. The van der Waals surface area contributed by atoms with Crippen molar-refractivity contribution in [3.8, 4) is 0 Å². The van der Waals surface area contributed by atoms with Gasteiger partial charge in [0.25, 0.3) is 0 Å². The minimum absolute atomic E-state index is 0.280. The molecule has 0 spiro atoms. The van der Waals surface area contributed by atoms with Crippen LogP contribution in [0, 0.1) is 5.41 Å². The van der Waals surface area contributed by atoms with E-state index in [1.807, 2.05) is 6.07 Å². The molecule has 0 aliphatic carbocycles. The van der Waals surface area contributed by atoms with Crippen LogP contribution in [-0.4, -0.2) is 55.0 Å². The van der Waals surface area contributed by atoms with Crippen LogP contribution in [0.2, 0.25) is 0 Å². The zero-order chi connectivity index (χ0) is 25.5. The second-order valence-corrected chi connectivity index (χ2v) is 10.7. The fourth-order valence-electron chi connectivity index (χ4n) is 5.59. The maximum Gasteiger partial charge on any atom is 0.339 e. The lowest BCUT2D eigenvalue weighted by atomic mass is 9.63. The monoisotopic (exact) mass is 479 g/mol. The van der Waals surface area contributed by atoms with Gasteiger partial charge in [0.2, 0.25) is 0 Å². The van der Waals surface area contributed by atoms with E-state index in [2.05, 4.69) is 68.8 Å². The van der Waals surface area contributed by atoms with Crippen molar-refractivity contribution in [2.24, 2.45) is 5.41 Å². The summed E-state index contributed by atoms with van der Waals surface area (Å²) in [5.74, 6) is -0.287. The quantitative estimate of drug-likeness (QED) is 0.319. The molecule has 1 heterocycles. The third-order valence-corrected chi connectivity index (χ3v) is 7.79. The van der Waals surface area contributed by atoms with Gasteiger partial charge in [-0.15, -0.1) is 0 Å². The van der Waals surface area contributed by atoms with E-state index >= 15 is 0 Å². The highest BCUT2D eigenvalue weighted by atomic mass is 16.6. The Hall–Kier alpha value is -2.37. The van der Waals surface area contributed by atoms with Crippen LogP contribution in [0.5, 0.6) is 0 Å². The van der Waals surface area contributed by atoms with Gasteiger partial charge in [-0.2, -0.15) is 0 Å². The molecule has 35 heavy (non-hydrogen) atoms. The number of esters is 1. The SMILES string of the molecule is CCCCN(CCCC)CC1(C)CN(C)C(C)CC1(OC(=O)c1ccc(N)cc1)c1ccccc1. The van der Waals surface area contributed by atoms with E-state index in [-0.39, 0.29) is 17.4 Å². The van der Waals surface area contributed by atoms with E-state index < -0.39 is 5.60 Å². The lowest BCUT2D eigenvalue weighted by Gasteiger charge is -2.57. The molecule has 3 rings (SSSR count). The Balaban J connectivity index is 2.07. The van der Waals surface area contributed by atoms with Gasteiger partial charge >= 0.3 is 5.97 Å². The molecule has 3 unspecified atom stereocenters. The molecular weight excluding hydrogens is 434 g/mol. The molecule has 2 aromatic rings. The Morgan fingerprint density at radius 3 is 2.23 bits per heavy atom. The Morgan fingerprint density at radius 1 is 1.06 bits per heavy atom. The first-order valence-electron chi connectivity index (χ1n) is 13.3. The summed E-state index contributed by atoms with van der Waals surface area (Å²) in [7, 11) is 2.20. The highest BCUT2D eigenvalue weighted by Gasteiger charge is 2.57. The van der Waals surface area contributed by atoms with Crippen molar-refractivity contribution in [3.63, 3.8) is 0 Å². The van der Waals surface area contributed by atoms with Crippen molar-refractivity contribution in [1.82, 2.24) is 9.80 Å². The zero-order valence-electron chi connectivity index (χ0n) is 22.4. The first-order chi connectivity index (χ1) is 16.7. The summed E-state index contributed by atoms with van der Waals surface area (Å²) in [5, 5.41) is 0. The summed E-state index contributed by atoms with van der Waals surface area (Å²) in [6, 6.07) is 17.8. The van der Waals surface area contributed by atoms with Crippen LogP contribution in [0.4, 0.5) is 5.69 Å². The smallest absolute Gasteiger partial charge is 0.339 e. The topological polar surface area (TPSA) is 58.8 Å². The molecule has 5 nitrogen and oxygen atoms in total. The number of hydrogen-bond donors (Lipinski definition) is 1. The summed E-state index contributed by atoms with van der Waals surface area (Å²) >= 11 is 0. The first-order valence-corrected chi connectivity index (χ1v) is 13.3. The summed E-state index contributed by atoms with van der Waals surface area (Å²) in [4.78, 5) is 18.6. The predicted molar refractivity (Wildman–Crippen MR) is 145 cm³/mol. The molecule has 0 amide bonds. The molecule has 0 saturated carbocycles. The van der Waals surface area contributed by atoms with E-state index in [0.717, 1.165) is 38.2 Å². The fraction of sp³-hybridized carbons (Fsp3) is 0.567. The highest BCUT2D eigenvalue weighted by Crippen LogP contribution is 2.51. The Morgan fingerprint density at radius 2 is 1.66 bits per heavy atom. The van der Waals surface area contributed by atoms with Crippen molar-refractivity contribution in [2.45, 2.75) is 71.4 Å². The summed E-state index contributed by atoms with van der Waals surface area (Å²) in [5.41, 5.74) is 7.10. The number of carbonyl (C=O) groups is 1. The molecule has 0 radical (unpaired) electrons. The molecule has 1 aliphatic rings. The van der Waals surface area contributed by atoms with Crippen LogP contribution in [0.15, 0.2) is 54.6 Å². The standard InChI is InChI=1S/C30H45N3O2/c1-6-8-19-33(20-9-7-2)23-29(4)22-32(5)24(3)21-30(29,26-13-11-10-12-14-26)35-28(34)25-15-17-27(31)18-16-25/h10-18,24H,6-9,19-23,31H2,1-5H3. The highest BCUT2D eigenvalue weighted by molar-refractivity contribution is 5.90. The molecule has 5 heteroatoms. The van der Waals surface area contributed by atoms with E-state index in [0.29, 0.717) is 11.3 Å². The number of nitrogens with two attached hydrogens (primary N) is 1. The second kappa shape index (κ2) is 12.0. The van der Waals surface area contributed by atoms with Gasteiger partial charge in [0.1, 0.15) is 5.60 Å². The molecule has 3 atom stereocenters. The number of ether oxygens (including phenoxy) is 1. The summed E-state index contributed by atoms with van der Waals surface area (Å²) in [6.07, 6.45) is 5.45. The minimum atomic E-state index is -0.741. The normalized spacial score (nSPS) is 25.0. The molecule has 1 saturated heterocycles. The maximum atomic E-state index is 13.6. The molecule has 2 aromatic carbocycles. The molecule has 2 N–H and O–H groups in total. The number of nitrogen functional groups attached to an aromatic ring is 1. The summed E-state index contributed by atoms with van der Waals surface area (Å²) in [6.45, 7) is 12.9. The lowest BCUT2D eigenvalue weighted by molar-refractivity contribution is -0.159. The molecule has 1 fully saturated rings. The predicted octanol–water partition coefficient (Wildman–Crippen LogP) is 5.95. The number of carbonyl (C=O) groups excluding carboxylic acids is 1. The van der Waals surface area contributed by atoms with E-state index in [1.165, 1.54) is 25.7 Å². The van der Waals surface area contributed by atoms with Crippen molar-refractivity contribution < 1.29 is 9.53 Å². The van der Waals surface area contributed by atoms with Gasteiger partial charge in [-0.25, -0.2) is 4.79 Å². The van der Waals surface area contributed by atoms with Crippen LogP contribution in [-0.2, 0) is 10.3 Å². The van der Waals surface area contributed by atoms with Crippen LogP contribution in [0.25, 0.3) is 0 Å². The third-order valence-electron chi connectivity index (χ3n) is 7.79. The zero-order valence-corrected chi connectivity index (χ0v) is 22.4. The van der Waals surface area contributed by atoms with E-state index in [9.17, 15) is 4.79 Å². The number of unbranched alkanes of at least 4 members (excludes halogenated alkanes) is 2. The fourth-order valence-corrected chi connectivity index (χ4v) is 5.59. The average Bonchev–Trinajstić information content (AvgIpc) is 2.85. The minimum Gasteiger partial charge on any atom is -0.450 e. The number of hydrogen-bond acceptors (Lipinski definition) is 5. The first kappa shape index (κ1) is 27.2. The van der Waals surface area contributed by atoms with Gasteiger partial charge in [-0.05, 0) is 69.7 Å². The Bertz CT molecular complexity index is 924. The summed E-state index contributed by atoms with van der Waals surface area (Å²) < 4.78 is 6.70. The van der Waals surface area contributed by atoms with Crippen LogP contribution < -0.4 is 5.73 Å². The van der Waals surface area contributed by atoms with Gasteiger partial charge in [-0.3, -0.25) is 0 Å². The van der Waals surface area contributed by atoms with Crippen LogP contribution in [0.1, 0.15) is 75.7 Å². The number of nitrogens with zero attached hydrogens (tertiary/aromatic N) is 2. The molecular formula is C30H45N3O2. The molecule has 192 valence electrons. The van der Waals surface area contributed by atoms with Crippen molar-refractivity contribution in [2.75, 3.05) is 39.0 Å². The molecule has 0 aromatic heterocycles. The van der Waals surface area contributed by atoms with Crippen LogP contribution >= 0.6 is 0 Å². The number of piperidine rings is 1. The van der Waals surface area contributed by atoms with Gasteiger partial charge < -0.3 is 20.3 Å². The molecule has 0 bridgehead atoms. The van der Waals surface area contributed by atoms with Gasteiger partial charge in [0.15, 0.2) is 0 Å². The number of rotatable bonds is 11. The Kier molecular flexibility index (Phi) is 9.37. The van der Waals surface area contributed by atoms with E-state index in [4.69, 9.17) is 10.5 Å². The van der Waals surface area contributed by atoms with Gasteiger partial charge in [-0.1, -0.05) is 63.9 Å². The average molecular weight is 480 g/mol. The van der Waals surface area contributed by atoms with Gasteiger partial charge in [0.05, 0.1) is 5.56 Å². The van der Waals surface area contributed by atoms with Gasteiger partial charge in [0, 0.05) is 36.7 Å². The van der Waals surface area contributed by atoms with Crippen molar-refractivity contribution in [1.29, 1.82) is 0 Å².